The van der Waals surface area contributed by atoms with Gasteiger partial charge in [0.1, 0.15) is 18.4 Å². The number of nitrogens with zero attached hydrogens (tertiary/aromatic N) is 2. The van der Waals surface area contributed by atoms with Crippen molar-refractivity contribution in [3.05, 3.63) is 94.8 Å². The standard InChI is InChI=1S/C28H31ClFN3O4S/c1-4-16-31-28(35)21(3)32(18-22-6-5-7-23(29)17-22)27(34)19-33(25-12-10-24(30)11-13-25)38(36,37)26-14-8-20(2)9-15-26/h5-15,17,21H,4,16,18-19H2,1-3H3,(H,31,35)/t21-/m0/s1. The summed E-state index contributed by atoms with van der Waals surface area (Å²) >= 11 is 6.13. The largest absolute Gasteiger partial charge is 0.354 e. The monoisotopic (exact) mass is 559 g/mol. The maximum Gasteiger partial charge on any atom is 0.264 e. The Balaban J connectivity index is 2.01. The minimum absolute atomic E-state index is 0.0182. The zero-order valence-electron chi connectivity index (χ0n) is 21.5. The second kappa shape index (κ2) is 12.9. The van der Waals surface area contributed by atoms with Gasteiger partial charge in [-0.3, -0.25) is 13.9 Å². The molecule has 3 rings (SSSR count). The Kier molecular flexibility index (Phi) is 9.88. The van der Waals surface area contributed by atoms with E-state index >= 15 is 0 Å². The molecule has 0 bridgehead atoms. The summed E-state index contributed by atoms with van der Waals surface area (Å²) in [4.78, 5) is 27.9. The van der Waals surface area contributed by atoms with Gasteiger partial charge < -0.3 is 10.2 Å². The van der Waals surface area contributed by atoms with Crippen molar-refractivity contribution in [1.82, 2.24) is 10.2 Å². The number of hydrogen-bond donors (Lipinski definition) is 1. The van der Waals surface area contributed by atoms with Gasteiger partial charge in [-0.15, -0.1) is 0 Å². The van der Waals surface area contributed by atoms with Gasteiger partial charge in [-0.2, -0.15) is 0 Å². The van der Waals surface area contributed by atoms with Crippen LogP contribution < -0.4 is 9.62 Å². The number of hydrogen-bond acceptors (Lipinski definition) is 4. The first kappa shape index (κ1) is 29.1. The van der Waals surface area contributed by atoms with Gasteiger partial charge in [-0.1, -0.05) is 48.4 Å². The summed E-state index contributed by atoms with van der Waals surface area (Å²) in [5, 5.41) is 3.25. The first-order chi connectivity index (χ1) is 18.0. The molecule has 0 fully saturated rings. The lowest BCUT2D eigenvalue weighted by molar-refractivity contribution is -0.139. The molecular formula is C28H31ClFN3O4S. The average molecular weight is 560 g/mol. The number of sulfonamides is 1. The van der Waals surface area contributed by atoms with Crippen molar-refractivity contribution in [3.63, 3.8) is 0 Å². The lowest BCUT2D eigenvalue weighted by Crippen LogP contribution is -2.51. The Hall–Kier alpha value is -3.43. The first-order valence-corrected chi connectivity index (χ1v) is 14.0. The predicted octanol–water partition coefficient (Wildman–Crippen LogP) is 4.93. The van der Waals surface area contributed by atoms with E-state index in [2.05, 4.69) is 5.32 Å². The van der Waals surface area contributed by atoms with Gasteiger partial charge in [0, 0.05) is 18.1 Å². The summed E-state index contributed by atoms with van der Waals surface area (Å²) in [6.45, 7) is 5.19. The average Bonchev–Trinajstić information content (AvgIpc) is 2.89. The number of anilines is 1. The van der Waals surface area contributed by atoms with E-state index in [-0.39, 0.29) is 23.0 Å². The second-order valence-electron chi connectivity index (χ2n) is 8.92. The van der Waals surface area contributed by atoms with Gasteiger partial charge in [0.2, 0.25) is 11.8 Å². The van der Waals surface area contributed by atoms with Gasteiger partial charge in [-0.05, 0) is 74.4 Å². The molecule has 3 aromatic carbocycles. The highest BCUT2D eigenvalue weighted by atomic mass is 35.5. The number of carbonyl (C=O) groups excluding carboxylic acids is 2. The molecule has 38 heavy (non-hydrogen) atoms. The zero-order chi connectivity index (χ0) is 27.9. The Morgan fingerprint density at radius 3 is 2.29 bits per heavy atom. The van der Waals surface area contributed by atoms with Crippen molar-refractivity contribution < 1.29 is 22.4 Å². The number of benzene rings is 3. The van der Waals surface area contributed by atoms with Crippen LogP contribution in [0.2, 0.25) is 5.02 Å². The van der Waals surface area contributed by atoms with E-state index in [4.69, 9.17) is 11.6 Å². The Bertz CT molecular complexity index is 1370. The van der Waals surface area contributed by atoms with Crippen LogP contribution in [0.15, 0.2) is 77.7 Å². The maximum atomic E-state index is 13.8. The van der Waals surface area contributed by atoms with Crippen molar-refractivity contribution >= 4 is 39.1 Å². The molecule has 7 nitrogen and oxygen atoms in total. The molecule has 0 unspecified atom stereocenters. The number of amides is 2. The van der Waals surface area contributed by atoms with Crippen molar-refractivity contribution in [1.29, 1.82) is 0 Å². The predicted molar refractivity (Wildman–Crippen MR) is 147 cm³/mol. The lowest BCUT2D eigenvalue weighted by atomic mass is 10.1. The SMILES string of the molecule is CCCNC(=O)[C@H](C)N(Cc1cccc(Cl)c1)C(=O)CN(c1ccc(F)cc1)S(=O)(=O)c1ccc(C)cc1. The number of halogens is 2. The van der Waals surface area contributed by atoms with Crippen LogP contribution in [-0.4, -0.2) is 44.3 Å². The third-order valence-electron chi connectivity index (χ3n) is 5.96. The molecule has 0 aliphatic heterocycles. The Labute approximate surface area is 228 Å². The molecule has 0 spiro atoms. The van der Waals surface area contributed by atoms with Crippen molar-refractivity contribution in [3.8, 4) is 0 Å². The minimum atomic E-state index is -4.21. The number of nitrogens with one attached hydrogen (secondary N) is 1. The molecule has 202 valence electrons. The molecule has 0 heterocycles. The summed E-state index contributed by atoms with van der Waals surface area (Å²) in [5.74, 6) is -1.52. The molecule has 1 N–H and O–H groups in total. The van der Waals surface area contributed by atoms with Crippen LogP contribution in [-0.2, 0) is 26.2 Å². The highest BCUT2D eigenvalue weighted by molar-refractivity contribution is 7.92. The normalized spacial score (nSPS) is 12.0. The van der Waals surface area contributed by atoms with E-state index in [9.17, 15) is 22.4 Å². The minimum Gasteiger partial charge on any atom is -0.354 e. The summed E-state index contributed by atoms with van der Waals surface area (Å²) in [7, 11) is -4.21. The van der Waals surface area contributed by atoms with Crippen molar-refractivity contribution in [2.45, 2.75) is 44.7 Å². The smallest absolute Gasteiger partial charge is 0.264 e. The molecule has 0 aliphatic carbocycles. The molecule has 3 aromatic rings. The highest BCUT2D eigenvalue weighted by Crippen LogP contribution is 2.25. The molecule has 1 atom stereocenters. The molecule has 0 saturated carbocycles. The Morgan fingerprint density at radius 2 is 1.68 bits per heavy atom. The van der Waals surface area contributed by atoms with Crippen LogP contribution in [0, 0.1) is 12.7 Å². The zero-order valence-corrected chi connectivity index (χ0v) is 23.1. The fraction of sp³-hybridized carbons (Fsp3) is 0.286. The molecule has 0 saturated heterocycles. The van der Waals surface area contributed by atoms with Crippen molar-refractivity contribution in [2.75, 3.05) is 17.4 Å². The number of carbonyl (C=O) groups is 2. The molecule has 10 heteroatoms. The molecule has 0 aromatic heterocycles. The number of aryl methyl sites for hydroxylation is 1. The molecule has 0 radical (unpaired) electrons. The van der Waals surface area contributed by atoms with E-state index in [1.54, 1.807) is 43.3 Å². The fourth-order valence-corrected chi connectivity index (χ4v) is 5.41. The third kappa shape index (κ3) is 7.33. The van der Waals surface area contributed by atoms with E-state index in [0.29, 0.717) is 23.6 Å². The summed E-state index contributed by atoms with van der Waals surface area (Å²) in [6.07, 6.45) is 0.716. The van der Waals surface area contributed by atoms with Crippen LogP contribution in [0.5, 0.6) is 0 Å². The quantitative estimate of drug-likeness (QED) is 0.361. The topological polar surface area (TPSA) is 86.8 Å². The van der Waals surface area contributed by atoms with Gasteiger partial charge >= 0.3 is 0 Å². The van der Waals surface area contributed by atoms with E-state index < -0.39 is 34.3 Å². The molecule has 2 amide bonds. The van der Waals surface area contributed by atoms with E-state index in [1.807, 2.05) is 13.8 Å². The second-order valence-corrected chi connectivity index (χ2v) is 11.2. The van der Waals surface area contributed by atoms with Crippen LogP contribution >= 0.6 is 11.6 Å². The maximum absolute atomic E-state index is 13.8. The Morgan fingerprint density at radius 1 is 1.03 bits per heavy atom. The summed E-state index contributed by atoms with van der Waals surface area (Å²) in [5.41, 5.74) is 1.66. The van der Waals surface area contributed by atoms with Gasteiger partial charge in [0.05, 0.1) is 10.6 Å². The van der Waals surface area contributed by atoms with Crippen LogP contribution in [0.3, 0.4) is 0 Å². The highest BCUT2D eigenvalue weighted by Gasteiger charge is 2.32. The van der Waals surface area contributed by atoms with Gasteiger partial charge in [0.25, 0.3) is 10.0 Å². The van der Waals surface area contributed by atoms with E-state index in [0.717, 1.165) is 22.0 Å². The molecular weight excluding hydrogens is 529 g/mol. The first-order valence-electron chi connectivity index (χ1n) is 12.2. The summed E-state index contributed by atoms with van der Waals surface area (Å²) in [6, 6.07) is 17.0. The van der Waals surface area contributed by atoms with Crippen LogP contribution in [0.25, 0.3) is 0 Å². The molecule has 0 aliphatic rings. The van der Waals surface area contributed by atoms with Gasteiger partial charge in [0.15, 0.2) is 0 Å². The van der Waals surface area contributed by atoms with E-state index in [1.165, 1.54) is 29.2 Å². The van der Waals surface area contributed by atoms with Crippen LogP contribution in [0.4, 0.5) is 10.1 Å². The summed E-state index contributed by atoms with van der Waals surface area (Å²) < 4.78 is 42.0. The van der Waals surface area contributed by atoms with Gasteiger partial charge in [-0.25, -0.2) is 12.8 Å². The lowest BCUT2D eigenvalue weighted by Gasteiger charge is -2.32. The third-order valence-corrected chi connectivity index (χ3v) is 7.98. The fourth-order valence-electron chi connectivity index (χ4n) is 3.78. The number of rotatable bonds is 11. The van der Waals surface area contributed by atoms with Crippen molar-refractivity contribution in [2.24, 2.45) is 0 Å². The van der Waals surface area contributed by atoms with Crippen LogP contribution in [0.1, 0.15) is 31.4 Å².